The molecule has 0 radical (unpaired) electrons. The van der Waals surface area contributed by atoms with Gasteiger partial charge in [0.1, 0.15) is 6.10 Å². The van der Waals surface area contributed by atoms with Crippen molar-refractivity contribution < 1.29 is 14.7 Å². The number of hydrogen-bond donors (Lipinski definition) is 3. The van der Waals surface area contributed by atoms with Gasteiger partial charge >= 0.3 is 0 Å². The van der Waals surface area contributed by atoms with Crippen molar-refractivity contribution in [2.75, 3.05) is 26.2 Å². The molecular formula is C27H42N4O3. The number of piperidine rings is 1. The average molecular weight is 471 g/mol. The van der Waals surface area contributed by atoms with Gasteiger partial charge in [0.2, 0.25) is 5.91 Å². The van der Waals surface area contributed by atoms with Crippen LogP contribution in [-0.4, -0.2) is 71.1 Å². The molecule has 3 aliphatic rings. The molecule has 1 aromatic carbocycles. The molecule has 1 aliphatic carbocycles. The highest BCUT2D eigenvalue weighted by molar-refractivity contribution is 5.92. The maximum atomic E-state index is 13.0. The number of amides is 2. The van der Waals surface area contributed by atoms with Crippen molar-refractivity contribution in [1.29, 1.82) is 0 Å². The lowest BCUT2D eigenvalue weighted by Crippen LogP contribution is -2.49. The SMILES string of the molecule is NCC[C@H](O)C(=O)N(CCN1[C@@H]2CC[C@H]1CC(c1cccc(C(N)=O)c1)C2)CC1CCCCC1. The Morgan fingerprint density at radius 2 is 1.79 bits per heavy atom. The summed E-state index contributed by atoms with van der Waals surface area (Å²) in [4.78, 5) is 29.2. The standard InChI is InChI=1S/C27H42N4O3/c28-12-11-25(32)27(34)30(18-19-5-2-1-3-6-19)13-14-31-23-9-10-24(31)17-22(16-23)20-7-4-8-21(15-20)26(29)33/h4,7-8,15,19,22-25,32H,1-3,5-6,9-14,16-18,28H2,(H2,29,33)/t22?,23-,24+,25-/m0/s1. The highest BCUT2D eigenvalue weighted by atomic mass is 16.3. The van der Waals surface area contributed by atoms with Gasteiger partial charge in [0.15, 0.2) is 0 Å². The smallest absolute Gasteiger partial charge is 0.251 e. The monoisotopic (exact) mass is 470 g/mol. The van der Waals surface area contributed by atoms with E-state index in [0.717, 1.165) is 25.9 Å². The van der Waals surface area contributed by atoms with Crippen molar-refractivity contribution in [3.05, 3.63) is 35.4 Å². The van der Waals surface area contributed by atoms with Gasteiger partial charge in [0, 0.05) is 37.3 Å². The molecule has 2 amide bonds. The fourth-order valence-electron chi connectivity index (χ4n) is 6.56. The molecule has 188 valence electrons. The van der Waals surface area contributed by atoms with Crippen LogP contribution in [0.4, 0.5) is 0 Å². The molecule has 0 spiro atoms. The lowest BCUT2D eigenvalue weighted by Gasteiger charge is -2.41. The van der Waals surface area contributed by atoms with Gasteiger partial charge in [-0.15, -0.1) is 0 Å². The normalized spacial score (nSPS) is 26.4. The van der Waals surface area contributed by atoms with Crippen molar-refractivity contribution in [2.24, 2.45) is 17.4 Å². The fourth-order valence-corrected chi connectivity index (χ4v) is 6.56. The van der Waals surface area contributed by atoms with Crippen LogP contribution in [0.15, 0.2) is 24.3 Å². The van der Waals surface area contributed by atoms with E-state index >= 15 is 0 Å². The second-order valence-electron chi connectivity index (χ2n) is 10.7. The third kappa shape index (κ3) is 5.99. The Hall–Kier alpha value is -1.96. The van der Waals surface area contributed by atoms with Gasteiger partial charge in [-0.1, -0.05) is 31.4 Å². The average Bonchev–Trinajstić information content (AvgIpc) is 3.08. The highest BCUT2D eigenvalue weighted by Crippen LogP contribution is 2.43. The Labute approximate surface area is 203 Å². The van der Waals surface area contributed by atoms with Crippen LogP contribution in [0.25, 0.3) is 0 Å². The first-order valence-electron chi connectivity index (χ1n) is 13.3. The van der Waals surface area contributed by atoms with Crippen molar-refractivity contribution in [2.45, 2.75) is 88.3 Å². The van der Waals surface area contributed by atoms with Crippen molar-refractivity contribution in [1.82, 2.24) is 9.80 Å². The van der Waals surface area contributed by atoms with Gasteiger partial charge < -0.3 is 21.5 Å². The van der Waals surface area contributed by atoms with Crippen molar-refractivity contribution in [3.63, 3.8) is 0 Å². The summed E-state index contributed by atoms with van der Waals surface area (Å²) < 4.78 is 0. The number of hydrogen-bond acceptors (Lipinski definition) is 5. The van der Waals surface area contributed by atoms with Crippen LogP contribution in [0.2, 0.25) is 0 Å². The molecule has 1 saturated carbocycles. The molecule has 2 heterocycles. The minimum atomic E-state index is -0.992. The third-order valence-corrected chi connectivity index (χ3v) is 8.40. The molecule has 3 fully saturated rings. The zero-order chi connectivity index (χ0) is 24.1. The number of rotatable bonds is 10. The third-order valence-electron chi connectivity index (χ3n) is 8.40. The number of benzene rings is 1. The first-order chi connectivity index (χ1) is 16.5. The molecule has 34 heavy (non-hydrogen) atoms. The number of fused-ring (bicyclic) bond motifs is 2. The Bertz CT molecular complexity index is 827. The maximum absolute atomic E-state index is 13.0. The molecule has 2 aliphatic heterocycles. The molecule has 7 heteroatoms. The Balaban J connectivity index is 1.38. The predicted molar refractivity (Wildman–Crippen MR) is 133 cm³/mol. The van der Waals surface area contributed by atoms with Gasteiger partial charge in [0.05, 0.1) is 0 Å². The number of carbonyl (C=O) groups excluding carboxylic acids is 2. The lowest BCUT2D eigenvalue weighted by atomic mass is 9.84. The lowest BCUT2D eigenvalue weighted by molar-refractivity contribution is -0.141. The van der Waals surface area contributed by atoms with E-state index in [1.807, 2.05) is 17.0 Å². The zero-order valence-corrected chi connectivity index (χ0v) is 20.4. The summed E-state index contributed by atoms with van der Waals surface area (Å²) in [6.45, 7) is 2.61. The van der Waals surface area contributed by atoms with Crippen molar-refractivity contribution in [3.8, 4) is 0 Å². The van der Waals surface area contributed by atoms with Crippen LogP contribution in [0.3, 0.4) is 0 Å². The Kier molecular flexibility index (Phi) is 8.61. The minimum Gasteiger partial charge on any atom is -0.383 e. The zero-order valence-electron chi connectivity index (χ0n) is 20.4. The summed E-state index contributed by atoms with van der Waals surface area (Å²) in [5, 5.41) is 10.4. The Morgan fingerprint density at radius 1 is 1.09 bits per heavy atom. The molecule has 0 aromatic heterocycles. The van der Waals surface area contributed by atoms with E-state index in [4.69, 9.17) is 11.5 Å². The molecule has 5 N–H and O–H groups in total. The van der Waals surface area contributed by atoms with E-state index in [-0.39, 0.29) is 11.8 Å². The molecule has 2 bridgehead atoms. The number of aliphatic hydroxyl groups is 1. The summed E-state index contributed by atoms with van der Waals surface area (Å²) >= 11 is 0. The first kappa shape index (κ1) is 25.1. The van der Waals surface area contributed by atoms with E-state index in [1.54, 1.807) is 6.07 Å². The van der Waals surface area contributed by atoms with Crippen LogP contribution in [0.1, 0.15) is 86.0 Å². The van der Waals surface area contributed by atoms with E-state index in [9.17, 15) is 14.7 Å². The summed E-state index contributed by atoms with van der Waals surface area (Å²) in [6.07, 6.45) is 9.98. The maximum Gasteiger partial charge on any atom is 0.251 e. The van der Waals surface area contributed by atoms with Gasteiger partial charge in [-0.2, -0.15) is 0 Å². The molecule has 7 nitrogen and oxygen atoms in total. The number of nitrogens with zero attached hydrogens (tertiary/aromatic N) is 2. The molecule has 4 rings (SSSR count). The summed E-state index contributed by atoms with van der Waals surface area (Å²) in [6, 6.07) is 8.81. The molecule has 1 aromatic rings. The van der Waals surface area contributed by atoms with Crippen molar-refractivity contribution >= 4 is 11.8 Å². The predicted octanol–water partition coefficient (Wildman–Crippen LogP) is 2.61. The fraction of sp³-hybridized carbons (Fsp3) is 0.704. The summed E-state index contributed by atoms with van der Waals surface area (Å²) in [5.74, 6) is 0.463. The number of primary amides is 1. The van der Waals surface area contributed by atoms with Gasteiger partial charge in [-0.3, -0.25) is 14.5 Å². The van der Waals surface area contributed by atoms with Crippen LogP contribution < -0.4 is 11.5 Å². The molecule has 4 atom stereocenters. The molecule has 1 unspecified atom stereocenters. The van der Waals surface area contributed by atoms with E-state index in [2.05, 4.69) is 11.0 Å². The number of nitrogens with two attached hydrogens (primary N) is 2. The summed E-state index contributed by atoms with van der Waals surface area (Å²) in [5.41, 5.74) is 12.9. The van der Waals surface area contributed by atoms with E-state index in [0.29, 0.717) is 49.0 Å². The minimum absolute atomic E-state index is 0.151. The van der Waals surface area contributed by atoms with Crippen LogP contribution in [0, 0.1) is 5.92 Å². The Morgan fingerprint density at radius 3 is 2.44 bits per heavy atom. The first-order valence-corrected chi connectivity index (χ1v) is 13.3. The topological polar surface area (TPSA) is 113 Å². The second kappa shape index (κ2) is 11.6. The van der Waals surface area contributed by atoms with Crippen LogP contribution >= 0.6 is 0 Å². The van der Waals surface area contributed by atoms with Gasteiger partial charge in [-0.05, 0) is 81.0 Å². The van der Waals surface area contributed by atoms with E-state index < -0.39 is 6.10 Å². The van der Waals surface area contributed by atoms with Gasteiger partial charge in [0.25, 0.3) is 5.91 Å². The highest BCUT2D eigenvalue weighted by Gasteiger charge is 2.41. The van der Waals surface area contributed by atoms with Crippen LogP contribution in [-0.2, 0) is 4.79 Å². The van der Waals surface area contributed by atoms with E-state index in [1.165, 1.54) is 50.5 Å². The number of aliphatic hydroxyl groups excluding tert-OH is 1. The quantitative estimate of drug-likeness (QED) is 0.487. The van der Waals surface area contributed by atoms with Crippen LogP contribution in [0.5, 0.6) is 0 Å². The molecule has 2 saturated heterocycles. The number of carbonyl (C=O) groups is 2. The second-order valence-corrected chi connectivity index (χ2v) is 10.7. The largest absolute Gasteiger partial charge is 0.383 e. The summed E-state index contributed by atoms with van der Waals surface area (Å²) in [7, 11) is 0. The molecular weight excluding hydrogens is 428 g/mol. The van der Waals surface area contributed by atoms with Gasteiger partial charge in [-0.25, -0.2) is 0 Å².